The van der Waals surface area contributed by atoms with Crippen molar-refractivity contribution in [3.05, 3.63) is 75.8 Å². The minimum Gasteiger partial charge on any atom is -0.496 e. The quantitative estimate of drug-likeness (QED) is 0.449. The Morgan fingerprint density at radius 3 is 2.63 bits per heavy atom. The molecule has 3 nitrogen and oxygen atoms in total. The van der Waals surface area contributed by atoms with Crippen molar-refractivity contribution in [1.29, 1.82) is 0 Å². The number of allylic oxidation sites excluding steroid dienone is 1. The molecule has 0 spiro atoms. The van der Waals surface area contributed by atoms with Crippen LogP contribution in [-0.2, 0) is 4.79 Å². The second kappa shape index (κ2) is 6.98. The van der Waals surface area contributed by atoms with Crippen LogP contribution in [0.1, 0.15) is 43.9 Å². The van der Waals surface area contributed by atoms with Crippen LogP contribution in [0.4, 0.5) is 5.69 Å². The molecule has 3 aromatic rings. The van der Waals surface area contributed by atoms with E-state index in [-0.39, 0.29) is 17.2 Å². The third-order valence-corrected chi connectivity index (χ3v) is 6.87. The molecule has 0 unspecified atom stereocenters. The zero-order valence-corrected chi connectivity index (χ0v) is 19.0. The van der Waals surface area contributed by atoms with Crippen molar-refractivity contribution in [2.75, 3.05) is 12.4 Å². The number of Topliss-reactive ketones (excluding diaryl/α,β-unsaturated/α-hetero) is 1. The lowest BCUT2D eigenvalue weighted by molar-refractivity contribution is -0.118. The number of rotatable bonds is 2. The number of ketones is 1. The van der Waals surface area contributed by atoms with Gasteiger partial charge in [0.05, 0.1) is 17.6 Å². The smallest absolute Gasteiger partial charge is 0.162 e. The zero-order chi connectivity index (χ0) is 21.0. The Balaban J connectivity index is 1.77. The predicted molar refractivity (Wildman–Crippen MR) is 126 cm³/mol. The van der Waals surface area contributed by atoms with Crippen LogP contribution in [0, 0.1) is 5.41 Å². The van der Waals surface area contributed by atoms with Crippen LogP contribution in [0.25, 0.3) is 16.3 Å². The second-order valence-electron chi connectivity index (χ2n) is 9.01. The fourth-order valence-corrected chi connectivity index (χ4v) is 5.51. The lowest BCUT2D eigenvalue weighted by Crippen LogP contribution is -2.33. The molecule has 1 aliphatic carbocycles. The highest BCUT2D eigenvalue weighted by Gasteiger charge is 2.40. The first-order valence-electron chi connectivity index (χ1n) is 10.3. The molecule has 0 aromatic heterocycles. The normalized spacial score (nSPS) is 19.9. The van der Waals surface area contributed by atoms with Crippen molar-refractivity contribution in [3.63, 3.8) is 0 Å². The highest BCUT2D eigenvalue weighted by molar-refractivity contribution is 9.10. The largest absolute Gasteiger partial charge is 0.496 e. The number of nitrogens with one attached hydrogen (secondary N) is 1. The Labute approximate surface area is 185 Å². The standard InChI is InChI=1S/C26H24BrNO2/c1-26(2)13-18-23-17-7-5-4-6-15(17)8-10-20(23)28-25(24(18)21(29)14-26)16-9-11-22(30-3)19(27)12-16/h4-12,25,28H,13-14H2,1-3H3/t25-/m1/s1. The van der Waals surface area contributed by atoms with E-state index in [0.717, 1.165) is 33.5 Å². The van der Waals surface area contributed by atoms with Gasteiger partial charge in [0.1, 0.15) is 5.75 Å². The molecule has 1 atom stereocenters. The summed E-state index contributed by atoms with van der Waals surface area (Å²) in [6, 6.07) is 18.6. The van der Waals surface area contributed by atoms with Crippen molar-refractivity contribution in [3.8, 4) is 5.75 Å². The van der Waals surface area contributed by atoms with E-state index in [1.807, 2.05) is 12.1 Å². The summed E-state index contributed by atoms with van der Waals surface area (Å²) in [5.41, 5.74) is 5.39. The summed E-state index contributed by atoms with van der Waals surface area (Å²) in [7, 11) is 1.66. The van der Waals surface area contributed by atoms with E-state index < -0.39 is 0 Å². The molecular formula is C26H24BrNO2. The van der Waals surface area contributed by atoms with Crippen LogP contribution in [0.2, 0.25) is 0 Å². The second-order valence-corrected chi connectivity index (χ2v) is 9.87. The molecule has 2 aliphatic rings. The van der Waals surface area contributed by atoms with Crippen LogP contribution >= 0.6 is 15.9 Å². The van der Waals surface area contributed by atoms with Gasteiger partial charge in [-0.2, -0.15) is 0 Å². The van der Waals surface area contributed by atoms with E-state index in [4.69, 9.17) is 4.74 Å². The van der Waals surface area contributed by atoms with Crippen molar-refractivity contribution in [2.45, 2.75) is 32.7 Å². The number of benzene rings is 3. The van der Waals surface area contributed by atoms with Gasteiger partial charge >= 0.3 is 0 Å². The topological polar surface area (TPSA) is 38.3 Å². The molecule has 1 N–H and O–H groups in total. The first-order valence-corrected chi connectivity index (χ1v) is 11.1. The van der Waals surface area contributed by atoms with E-state index in [1.165, 1.54) is 21.9 Å². The monoisotopic (exact) mass is 461 g/mol. The summed E-state index contributed by atoms with van der Waals surface area (Å²) < 4.78 is 6.29. The zero-order valence-electron chi connectivity index (χ0n) is 17.4. The van der Waals surface area contributed by atoms with Gasteiger partial charge in [-0.1, -0.05) is 50.2 Å². The molecule has 0 saturated heterocycles. The average Bonchev–Trinajstić information content (AvgIpc) is 2.71. The Bertz CT molecular complexity index is 1220. The van der Waals surface area contributed by atoms with E-state index in [0.29, 0.717) is 6.42 Å². The highest BCUT2D eigenvalue weighted by atomic mass is 79.9. The van der Waals surface area contributed by atoms with Gasteiger partial charge in [0.15, 0.2) is 5.78 Å². The predicted octanol–water partition coefficient (Wildman–Crippen LogP) is 6.92. The van der Waals surface area contributed by atoms with Crippen molar-refractivity contribution >= 4 is 43.7 Å². The molecule has 0 fully saturated rings. The van der Waals surface area contributed by atoms with Gasteiger partial charge in [-0.05, 0) is 67.9 Å². The number of fused-ring (bicyclic) bond motifs is 4. The van der Waals surface area contributed by atoms with E-state index >= 15 is 0 Å². The summed E-state index contributed by atoms with van der Waals surface area (Å²) >= 11 is 3.61. The highest BCUT2D eigenvalue weighted by Crippen LogP contribution is 2.52. The molecule has 3 aromatic carbocycles. The molecule has 152 valence electrons. The van der Waals surface area contributed by atoms with Gasteiger partial charge in [-0.3, -0.25) is 4.79 Å². The molecular weight excluding hydrogens is 438 g/mol. The Kier molecular flexibility index (Phi) is 4.51. The van der Waals surface area contributed by atoms with Gasteiger partial charge in [0.2, 0.25) is 0 Å². The molecule has 1 heterocycles. The first kappa shape index (κ1) is 19.4. The molecule has 0 radical (unpaired) electrons. The number of anilines is 1. The first-order chi connectivity index (χ1) is 14.4. The Morgan fingerprint density at radius 1 is 1.07 bits per heavy atom. The molecule has 5 rings (SSSR count). The third-order valence-electron chi connectivity index (χ3n) is 6.25. The fourth-order valence-electron chi connectivity index (χ4n) is 4.95. The number of hydrogen-bond donors (Lipinski definition) is 1. The number of carbonyl (C=O) groups is 1. The van der Waals surface area contributed by atoms with Crippen molar-refractivity contribution < 1.29 is 9.53 Å². The summed E-state index contributed by atoms with van der Waals surface area (Å²) in [6.07, 6.45) is 1.46. The van der Waals surface area contributed by atoms with Crippen molar-refractivity contribution in [2.24, 2.45) is 5.41 Å². The summed E-state index contributed by atoms with van der Waals surface area (Å²) in [5.74, 6) is 1.02. The minimum atomic E-state index is -0.167. The lowest BCUT2D eigenvalue weighted by Gasteiger charge is -2.40. The maximum absolute atomic E-state index is 13.4. The number of ether oxygens (including phenoxy) is 1. The molecule has 0 amide bonds. The maximum Gasteiger partial charge on any atom is 0.162 e. The van der Waals surface area contributed by atoms with Crippen molar-refractivity contribution in [1.82, 2.24) is 0 Å². The van der Waals surface area contributed by atoms with Gasteiger partial charge < -0.3 is 10.1 Å². The summed E-state index contributed by atoms with van der Waals surface area (Å²) in [5, 5.41) is 6.09. The number of halogens is 1. The number of hydrogen-bond acceptors (Lipinski definition) is 3. The lowest BCUT2D eigenvalue weighted by atomic mass is 9.68. The number of carbonyl (C=O) groups excluding carboxylic acids is 1. The molecule has 1 aliphatic heterocycles. The van der Waals surface area contributed by atoms with Crippen LogP contribution in [0.3, 0.4) is 0 Å². The molecule has 0 bridgehead atoms. The minimum absolute atomic E-state index is 0.0491. The van der Waals surface area contributed by atoms with Crippen LogP contribution < -0.4 is 10.1 Å². The summed E-state index contributed by atoms with van der Waals surface area (Å²) in [6.45, 7) is 4.39. The van der Waals surface area contributed by atoms with Crippen LogP contribution in [0.5, 0.6) is 5.75 Å². The van der Waals surface area contributed by atoms with Gasteiger partial charge in [-0.15, -0.1) is 0 Å². The Hall–Kier alpha value is -2.59. The Morgan fingerprint density at radius 2 is 1.87 bits per heavy atom. The molecule has 4 heteroatoms. The average molecular weight is 462 g/mol. The molecule has 30 heavy (non-hydrogen) atoms. The molecule has 0 saturated carbocycles. The van der Waals surface area contributed by atoms with E-state index in [9.17, 15) is 4.79 Å². The maximum atomic E-state index is 13.4. The van der Waals surface area contributed by atoms with E-state index in [1.54, 1.807) is 7.11 Å². The van der Waals surface area contributed by atoms with Crippen LogP contribution in [0.15, 0.2) is 64.6 Å². The third kappa shape index (κ3) is 3.05. The summed E-state index contributed by atoms with van der Waals surface area (Å²) in [4.78, 5) is 13.4. The fraction of sp³-hybridized carbons (Fsp3) is 0.269. The van der Waals surface area contributed by atoms with Gasteiger partial charge in [0, 0.05) is 23.2 Å². The number of methoxy groups -OCH3 is 1. The van der Waals surface area contributed by atoms with E-state index in [2.05, 4.69) is 77.6 Å². The van der Waals surface area contributed by atoms with Crippen LogP contribution in [-0.4, -0.2) is 12.9 Å². The van der Waals surface area contributed by atoms with Gasteiger partial charge in [0.25, 0.3) is 0 Å². The van der Waals surface area contributed by atoms with Gasteiger partial charge in [-0.25, -0.2) is 0 Å². The SMILES string of the molecule is COc1ccc([C@H]2Nc3ccc4ccccc4c3C3=C2C(=O)CC(C)(C)C3)cc1Br.